The van der Waals surface area contributed by atoms with Crippen LogP contribution in [-0.2, 0) is 0 Å². The lowest BCUT2D eigenvalue weighted by Crippen LogP contribution is -2.34. The molecule has 1 aromatic rings. The molecule has 2 aliphatic carbocycles. The standard InChI is InChI=1S/C14H23N3O/c1-2-8-15-12-5-3-4-11(9-12)14-16-13(17-18-14)10-6-7-10/h10-12,15H,2-9H2,1H3. The van der Waals surface area contributed by atoms with Gasteiger partial charge in [-0.1, -0.05) is 18.5 Å². The molecule has 4 heteroatoms. The van der Waals surface area contributed by atoms with Crippen LogP contribution < -0.4 is 5.32 Å². The van der Waals surface area contributed by atoms with E-state index in [-0.39, 0.29) is 0 Å². The van der Waals surface area contributed by atoms with Crippen LogP contribution >= 0.6 is 0 Å². The molecule has 0 spiro atoms. The van der Waals surface area contributed by atoms with Crippen molar-refractivity contribution in [3.05, 3.63) is 11.7 Å². The summed E-state index contributed by atoms with van der Waals surface area (Å²) in [4.78, 5) is 4.61. The Bertz CT molecular complexity index is 386. The topological polar surface area (TPSA) is 51.0 Å². The fourth-order valence-corrected chi connectivity index (χ4v) is 2.87. The van der Waals surface area contributed by atoms with Gasteiger partial charge in [0.1, 0.15) is 0 Å². The van der Waals surface area contributed by atoms with E-state index in [1.54, 1.807) is 0 Å². The minimum atomic E-state index is 0.480. The molecule has 18 heavy (non-hydrogen) atoms. The van der Waals surface area contributed by atoms with Gasteiger partial charge in [-0.3, -0.25) is 0 Å². The van der Waals surface area contributed by atoms with E-state index in [1.807, 2.05) is 0 Å². The first-order valence-electron chi connectivity index (χ1n) is 7.43. The van der Waals surface area contributed by atoms with Crippen molar-refractivity contribution in [1.29, 1.82) is 0 Å². The molecule has 100 valence electrons. The molecule has 2 saturated carbocycles. The molecule has 2 fully saturated rings. The summed E-state index contributed by atoms with van der Waals surface area (Å²) in [5.41, 5.74) is 0. The van der Waals surface area contributed by atoms with Gasteiger partial charge < -0.3 is 9.84 Å². The fraction of sp³-hybridized carbons (Fsp3) is 0.857. The summed E-state index contributed by atoms with van der Waals surface area (Å²) in [6.07, 6.45) is 8.61. The highest BCUT2D eigenvalue weighted by Crippen LogP contribution is 2.39. The molecule has 1 aromatic heterocycles. The molecule has 0 amide bonds. The smallest absolute Gasteiger partial charge is 0.229 e. The van der Waals surface area contributed by atoms with Gasteiger partial charge in [0.25, 0.3) is 0 Å². The highest BCUT2D eigenvalue weighted by atomic mass is 16.5. The molecule has 2 aliphatic rings. The van der Waals surface area contributed by atoms with E-state index in [9.17, 15) is 0 Å². The average Bonchev–Trinajstić information content (AvgIpc) is 3.14. The molecule has 1 heterocycles. The normalized spacial score (nSPS) is 28.5. The van der Waals surface area contributed by atoms with Crippen molar-refractivity contribution >= 4 is 0 Å². The lowest BCUT2D eigenvalue weighted by Gasteiger charge is -2.27. The largest absolute Gasteiger partial charge is 0.339 e. The minimum absolute atomic E-state index is 0.480. The van der Waals surface area contributed by atoms with E-state index in [1.165, 1.54) is 38.5 Å². The Balaban J connectivity index is 1.59. The first-order valence-corrected chi connectivity index (χ1v) is 7.43. The Morgan fingerprint density at radius 1 is 1.22 bits per heavy atom. The predicted molar refractivity (Wildman–Crippen MR) is 69.6 cm³/mol. The van der Waals surface area contributed by atoms with Gasteiger partial charge in [0.05, 0.1) is 0 Å². The molecule has 4 nitrogen and oxygen atoms in total. The zero-order chi connectivity index (χ0) is 12.4. The van der Waals surface area contributed by atoms with Gasteiger partial charge in [0.15, 0.2) is 5.82 Å². The van der Waals surface area contributed by atoms with Crippen LogP contribution in [0.15, 0.2) is 4.52 Å². The Labute approximate surface area is 109 Å². The van der Waals surface area contributed by atoms with E-state index >= 15 is 0 Å². The van der Waals surface area contributed by atoms with E-state index in [4.69, 9.17) is 4.52 Å². The quantitative estimate of drug-likeness (QED) is 0.871. The second-order valence-corrected chi connectivity index (χ2v) is 5.78. The Hall–Kier alpha value is -0.900. The van der Waals surface area contributed by atoms with Gasteiger partial charge in [0.2, 0.25) is 5.89 Å². The zero-order valence-electron chi connectivity index (χ0n) is 11.2. The highest BCUT2D eigenvalue weighted by molar-refractivity contribution is 5.06. The summed E-state index contributed by atoms with van der Waals surface area (Å²) >= 11 is 0. The maximum absolute atomic E-state index is 5.47. The molecule has 3 rings (SSSR count). The maximum atomic E-state index is 5.47. The van der Waals surface area contributed by atoms with Crippen LogP contribution in [0.4, 0.5) is 0 Å². The average molecular weight is 249 g/mol. The SMILES string of the molecule is CCCNC1CCCC(c2nc(C3CC3)no2)C1. The highest BCUT2D eigenvalue weighted by Gasteiger charge is 2.32. The van der Waals surface area contributed by atoms with Crippen molar-refractivity contribution in [2.45, 2.75) is 69.7 Å². The second-order valence-electron chi connectivity index (χ2n) is 5.78. The Kier molecular flexibility index (Phi) is 3.64. The number of hydrogen-bond donors (Lipinski definition) is 1. The third-order valence-electron chi connectivity index (χ3n) is 4.11. The summed E-state index contributed by atoms with van der Waals surface area (Å²) in [6.45, 7) is 3.34. The van der Waals surface area contributed by atoms with Crippen molar-refractivity contribution in [3.63, 3.8) is 0 Å². The van der Waals surface area contributed by atoms with Gasteiger partial charge in [0, 0.05) is 17.9 Å². The monoisotopic (exact) mass is 249 g/mol. The molecule has 0 bridgehead atoms. The van der Waals surface area contributed by atoms with Crippen LogP contribution in [0.3, 0.4) is 0 Å². The number of rotatable bonds is 5. The maximum Gasteiger partial charge on any atom is 0.229 e. The van der Waals surface area contributed by atoms with E-state index in [2.05, 4.69) is 22.4 Å². The molecule has 0 radical (unpaired) electrons. The van der Waals surface area contributed by atoms with Gasteiger partial charge >= 0.3 is 0 Å². The Morgan fingerprint density at radius 3 is 2.89 bits per heavy atom. The summed E-state index contributed by atoms with van der Waals surface area (Å²) < 4.78 is 5.47. The van der Waals surface area contributed by atoms with Gasteiger partial charge in [-0.15, -0.1) is 0 Å². The number of hydrogen-bond acceptors (Lipinski definition) is 4. The number of nitrogens with one attached hydrogen (secondary N) is 1. The lowest BCUT2D eigenvalue weighted by molar-refractivity contribution is 0.277. The van der Waals surface area contributed by atoms with E-state index in [0.717, 1.165) is 24.7 Å². The molecule has 2 atom stereocenters. The zero-order valence-corrected chi connectivity index (χ0v) is 11.2. The number of nitrogens with zero attached hydrogens (tertiary/aromatic N) is 2. The summed E-state index contributed by atoms with van der Waals surface area (Å²) in [7, 11) is 0. The van der Waals surface area contributed by atoms with Crippen molar-refractivity contribution in [3.8, 4) is 0 Å². The molecular formula is C14H23N3O. The van der Waals surface area contributed by atoms with Crippen LogP contribution in [-0.4, -0.2) is 22.7 Å². The van der Waals surface area contributed by atoms with Crippen molar-refractivity contribution in [2.24, 2.45) is 0 Å². The summed E-state index contributed by atoms with van der Waals surface area (Å²) in [5, 5.41) is 7.76. The van der Waals surface area contributed by atoms with Crippen LogP contribution in [0, 0.1) is 0 Å². The first kappa shape index (κ1) is 12.2. The number of aromatic nitrogens is 2. The van der Waals surface area contributed by atoms with E-state index < -0.39 is 0 Å². The van der Waals surface area contributed by atoms with Gasteiger partial charge in [-0.2, -0.15) is 4.98 Å². The van der Waals surface area contributed by atoms with Crippen LogP contribution in [0.5, 0.6) is 0 Å². The van der Waals surface area contributed by atoms with Crippen LogP contribution in [0.1, 0.15) is 75.4 Å². The summed E-state index contributed by atoms with van der Waals surface area (Å²) in [6, 6.07) is 0.639. The summed E-state index contributed by atoms with van der Waals surface area (Å²) in [5.74, 6) is 2.92. The van der Waals surface area contributed by atoms with Crippen molar-refractivity contribution in [1.82, 2.24) is 15.5 Å². The van der Waals surface area contributed by atoms with Crippen LogP contribution in [0.25, 0.3) is 0 Å². The molecule has 2 unspecified atom stereocenters. The molecular weight excluding hydrogens is 226 g/mol. The van der Waals surface area contributed by atoms with Crippen LogP contribution in [0.2, 0.25) is 0 Å². The van der Waals surface area contributed by atoms with Gasteiger partial charge in [-0.05, 0) is 45.1 Å². The predicted octanol–water partition coefficient (Wildman–Crippen LogP) is 2.97. The molecule has 0 aromatic carbocycles. The van der Waals surface area contributed by atoms with Crippen molar-refractivity contribution < 1.29 is 4.52 Å². The third kappa shape index (κ3) is 2.74. The van der Waals surface area contributed by atoms with Crippen molar-refractivity contribution in [2.75, 3.05) is 6.54 Å². The molecule has 1 N–H and O–H groups in total. The lowest BCUT2D eigenvalue weighted by atomic mass is 9.85. The second kappa shape index (κ2) is 5.39. The molecule has 0 aliphatic heterocycles. The van der Waals surface area contributed by atoms with Gasteiger partial charge in [-0.25, -0.2) is 0 Å². The fourth-order valence-electron chi connectivity index (χ4n) is 2.87. The van der Waals surface area contributed by atoms with E-state index in [0.29, 0.717) is 17.9 Å². The minimum Gasteiger partial charge on any atom is -0.339 e. The molecule has 0 saturated heterocycles. The first-order chi connectivity index (χ1) is 8.86. The third-order valence-corrected chi connectivity index (χ3v) is 4.11. The Morgan fingerprint density at radius 2 is 2.11 bits per heavy atom.